The first-order valence-electron chi connectivity index (χ1n) is 4.35. The minimum atomic E-state index is 0.552. The molecule has 3 N–H and O–H groups in total. The van der Waals surface area contributed by atoms with Gasteiger partial charge in [-0.15, -0.1) is 0 Å². The first-order chi connectivity index (χ1) is 5.66. The lowest BCUT2D eigenvalue weighted by molar-refractivity contribution is 0.403. The van der Waals surface area contributed by atoms with Crippen LogP contribution in [0.1, 0.15) is 13.3 Å². The first kappa shape index (κ1) is 11.2. The van der Waals surface area contributed by atoms with E-state index in [9.17, 15) is 0 Å². The second kappa shape index (κ2) is 6.91. The Hall–Kier alpha value is -0.770. The van der Waals surface area contributed by atoms with Gasteiger partial charge in [-0.25, -0.2) is 0 Å². The Balaban J connectivity index is 3.33. The van der Waals surface area contributed by atoms with Gasteiger partial charge in [0.1, 0.15) is 0 Å². The zero-order valence-corrected chi connectivity index (χ0v) is 8.30. The smallest absolute Gasteiger partial charge is 0.188 e. The van der Waals surface area contributed by atoms with Crippen molar-refractivity contribution in [2.45, 2.75) is 13.3 Å². The van der Waals surface area contributed by atoms with Crippen LogP contribution in [0.5, 0.6) is 0 Å². The highest BCUT2D eigenvalue weighted by Crippen LogP contribution is 1.83. The molecule has 0 amide bonds. The van der Waals surface area contributed by atoms with Crippen LogP contribution in [0.2, 0.25) is 0 Å². The van der Waals surface area contributed by atoms with E-state index < -0.39 is 0 Å². The van der Waals surface area contributed by atoms with Crippen molar-refractivity contribution in [3.63, 3.8) is 0 Å². The Bertz CT molecular complexity index is 131. The number of hydrogen-bond donors (Lipinski definition) is 2. The average Bonchev–Trinajstić information content (AvgIpc) is 1.98. The summed E-state index contributed by atoms with van der Waals surface area (Å²) in [5.74, 6) is 0.552. The minimum Gasteiger partial charge on any atom is -0.370 e. The molecule has 0 aliphatic heterocycles. The van der Waals surface area contributed by atoms with Crippen molar-refractivity contribution in [1.29, 1.82) is 0 Å². The lowest BCUT2D eigenvalue weighted by Crippen LogP contribution is -2.31. The third-order valence-corrected chi connectivity index (χ3v) is 1.40. The predicted molar refractivity (Wildman–Crippen MR) is 53.3 cm³/mol. The molecule has 12 heavy (non-hydrogen) atoms. The zero-order valence-electron chi connectivity index (χ0n) is 8.30. The summed E-state index contributed by atoms with van der Waals surface area (Å²) in [6.07, 6.45) is 1.05. The molecule has 0 aromatic carbocycles. The molecule has 0 aromatic rings. The highest BCUT2D eigenvalue weighted by Gasteiger charge is 1.90. The van der Waals surface area contributed by atoms with Gasteiger partial charge in [0, 0.05) is 13.1 Å². The molecular formula is C8H20N4. The summed E-state index contributed by atoms with van der Waals surface area (Å²) in [5.41, 5.74) is 5.53. The van der Waals surface area contributed by atoms with Gasteiger partial charge in [-0.05, 0) is 34.0 Å². The quantitative estimate of drug-likeness (QED) is 0.345. The summed E-state index contributed by atoms with van der Waals surface area (Å²) in [4.78, 5) is 6.28. The van der Waals surface area contributed by atoms with E-state index >= 15 is 0 Å². The molecule has 72 valence electrons. The van der Waals surface area contributed by atoms with Gasteiger partial charge in [-0.1, -0.05) is 0 Å². The van der Waals surface area contributed by atoms with Gasteiger partial charge in [0.25, 0.3) is 0 Å². The minimum absolute atomic E-state index is 0.552. The van der Waals surface area contributed by atoms with Crippen LogP contribution >= 0.6 is 0 Å². The summed E-state index contributed by atoms with van der Waals surface area (Å²) in [6.45, 7) is 4.70. The van der Waals surface area contributed by atoms with E-state index in [0.717, 1.165) is 26.1 Å². The number of nitrogens with zero attached hydrogens (tertiary/aromatic N) is 2. The second-order valence-electron chi connectivity index (χ2n) is 2.95. The van der Waals surface area contributed by atoms with Gasteiger partial charge in [0.2, 0.25) is 0 Å². The van der Waals surface area contributed by atoms with Crippen molar-refractivity contribution >= 4 is 5.96 Å². The maximum atomic E-state index is 5.53. The highest BCUT2D eigenvalue weighted by molar-refractivity contribution is 5.77. The number of hydrogen-bond acceptors (Lipinski definition) is 2. The van der Waals surface area contributed by atoms with Gasteiger partial charge >= 0.3 is 0 Å². The van der Waals surface area contributed by atoms with E-state index in [1.165, 1.54) is 0 Å². The summed E-state index contributed by atoms with van der Waals surface area (Å²) >= 11 is 0. The highest BCUT2D eigenvalue weighted by atomic mass is 15.1. The van der Waals surface area contributed by atoms with Crippen molar-refractivity contribution in [3.05, 3.63) is 0 Å². The summed E-state index contributed by atoms with van der Waals surface area (Å²) in [5, 5.41) is 2.95. The van der Waals surface area contributed by atoms with E-state index in [1.807, 2.05) is 6.92 Å². The zero-order chi connectivity index (χ0) is 9.40. The van der Waals surface area contributed by atoms with Crippen LogP contribution in [0.25, 0.3) is 0 Å². The van der Waals surface area contributed by atoms with E-state index in [0.29, 0.717) is 5.96 Å². The third kappa shape index (κ3) is 7.34. The molecule has 4 nitrogen and oxygen atoms in total. The first-order valence-corrected chi connectivity index (χ1v) is 4.35. The van der Waals surface area contributed by atoms with Crippen LogP contribution in [0.15, 0.2) is 4.99 Å². The number of rotatable bonds is 5. The average molecular weight is 172 g/mol. The normalized spacial score (nSPS) is 12.2. The molecule has 0 saturated heterocycles. The number of guanidine groups is 1. The largest absolute Gasteiger partial charge is 0.370 e. The summed E-state index contributed by atoms with van der Waals surface area (Å²) in [7, 11) is 4.11. The maximum Gasteiger partial charge on any atom is 0.188 e. The Kier molecular flexibility index (Phi) is 6.47. The van der Waals surface area contributed by atoms with Crippen molar-refractivity contribution in [2.24, 2.45) is 10.7 Å². The van der Waals surface area contributed by atoms with Crippen LogP contribution in [0.3, 0.4) is 0 Å². The molecule has 0 rings (SSSR count). The van der Waals surface area contributed by atoms with Gasteiger partial charge in [0.15, 0.2) is 5.96 Å². The number of nitrogens with one attached hydrogen (secondary N) is 1. The lowest BCUT2D eigenvalue weighted by Gasteiger charge is -2.07. The van der Waals surface area contributed by atoms with Gasteiger partial charge in [-0.2, -0.15) is 0 Å². The molecule has 0 unspecified atom stereocenters. The van der Waals surface area contributed by atoms with Crippen molar-refractivity contribution in [2.75, 3.05) is 33.7 Å². The van der Waals surface area contributed by atoms with Crippen molar-refractivity contribution in [3.8, 4) is 0 Å². The summed E-state index contributed by atoms with van der Waals surface area (Å²) in [6, 6.07) is 0. The molecule has 0 bridgehead atoms. The van der Waals surface area contributed by atoms with Gasteiger partial charge in [0.05, 0.1) is 0 Å². The monoisotopic (exact) mass is 172 g/mol. The molecular weight excluding hydrogens is 152 g/mol. The predicted octanol–water partition coefficient (Wildman–Crippen LogP) is -0.138. The Morgan fingerprint density at radius 1 is 1.50 bits per heavy atom. The van der Waals surface area contributed by atoms with Gasteiger partial charge in [-0.3, -0.25) is 4.99 Å². The van der Waals surface area contributed by atoms with Crippen LogP contribution in [-0.2, 0) is 0 Å². The fourth-order valence-electron chi connectivity index (χ4n) is 0.823. The van der Waals surface area contributed by atoms with Crippen LogP contribution in [0.4, 0.5) is 0 Å². The van der Waals surface area contributed by atoms with Crippen LogP contribution < -0.4 is 11.1 Å². The molecule has 0 saturated carbocycles. The lowest BCUT2D eigenvalue weighted by atomic mass is 10.4. The Morgan fingerprint density at radius 2 is 2.17 bits per heavy atom. The SMILES string of the molecule is CCNC(N)=NCCCN(C)C. The molecule has 4 heteroatoms. The molecule has 0 radical (unpaired) electrons. The Morgan fingerprint density at radius 3 is 2.67 bits per heavy atom. The summed E-state index contributed by atoms with van der Waals surface area (Å²) < 4.78 is 0. The Labute approximate surface area is 74.8 Å². The van der Waals surface area contributed by atoms with E-state index in [2.05, 4.69) is 29.3 Å². The second-order valence-corrected chi connectivity index (χ2v) is 2.95. The molecule has 0 aliphatic rings. The molecule has 0 atom stereocenters. The topological polar surface area (TPSA) is 53.6 Å². The molecule has 0 aromatic heterocycles. The van der Waals surface area contributed by atoms with Crippen molar-refractivity contribution in [1.82, 2.24) is 10.2 Å². The maximum absolute atomic E-state index is 5.53. The van der Waals surface area contributed by atoms with Crippen molar-refractivity contribution < 1.29 is 0 Å². The third-order valence-electron chi connectivity index (χ3n) is 1.40. The number of aliphatic imine (C=N–C) groups is 1. The van der Waals surface area contributed by atoms with E-state index in [-0.39, 0.29) is 0 Å². The number of nitrogens with two attached hydrogens (primary N) is 1. The molecule has 0 spiro atoms. The fourth-order valence-corrected chi connectivity index (χ4v) is 0.823. The van der Waals surface area contributed by atoms with Gasteiger partial charge < -0.3 is 16.0 Å². The van der Waals surface area contributed by atoms with E-state index in [1.54, 1.807) is 0 Å². The fraction of sp³-hybridized carbons (Fsp3) is 0.875. The van der Waals surface area contributed by atoms with E-state index in [4.69, 9.17) is 5.73 Å². The molecule has 0 fully saturated rings. The van der Waals surface area contributed by atoms with Crippen LogP contribution in [-0.4, -0.2) is 44.6 Å². The molecule has 0 heterocycles. The standard InChI is InChI=1S/C8H20N4/c1-4-10-8(9)11-6-5-7-12(2)3/h4-7H2,1-3H3,(H3,9,10,11). The van der Waals surface area contributed by atoms with Crippen LogP contribution in [0, 0.1) is 0 Å². The molecule has 0 aliphatic carbocycles.